The number of hydrogen-bond acceptors (Lipinski definition) is 2. The van der Waals surface area contributed by atoms with E-state index in [2.05, 4.69) is 51.2 Å². The Balaban J connectivity index is 3.12. The summed E-state index contributed by atoms with van der Waals surface area (Å²) in [6.45, 7) is 11.3. The molecule has 0 aromatic heterocycles. The largest absolute Gasteiger partial charge is 0.319 e. The molecule has 1 unspecified atom stereocenters. The molecule has 19 heavy (non-hydrogen) atoms. The van der Waals surface area contributed by atoms with Gasteiger partial charge in [-0.3, -0.25) is 4.79 Å². The summed E-state index contributed by atoms with van der Waals surface area (Å²) >= 11 is 0. The van der Waals surface area contributed by atoms with Gasteiger partial charge in [0, 0.05) is 18.0 Å². The lowest BCUT2D eigenvalue weighted by molar-refractivity contribution is 0.0885. The standard InChI is InChI=1S/C17H27NO/c1-11(2)14-8-7-13(5)15(9-14)17(19)16(10-18-6)12(3)4/h7-9,11-12,16,18H,10H2,1-6H3. The average Bonchev–Trinajstić information content (AvgIpc) is 2.35. The van der Waals surface area contributed by atoms with Gasteiger partial charge in [0.05, 0.1) is 0 Å². The molecular formula is C17H27NO. The highest BCUT2D eigenvalue weighted by molar-refractivity contribution is 5.99. The summed E-state index contributed by atoms with van der Waals surface area (Å²) in [4.78, 5) is 12.7. The maximum Gasteiger partial charge on any atom is 0.167 e. The zero-order valence-corrected chi connectivity index (χ0v) is 13.1. The number of hydrogen-bond donors (Lipinski definition) is 1. The second-order valence-electron chi connectivity index (χ2n) is 6.00. The van der Waals surface area contributed by atoms with E-state index < -0.39 is 0 Å². The summed E-state index contributed by atoms with van der Waals surface area (Å²) < 4.78 is 0. The molecular weight excluding hydrogens is 234 g/mol. The SMILES string of the molecule is CNCC(C(=O)c1cc(C(C)C)ccc1C)C(C)C. The van der Waals surface area contributed by atoms with Crippen LogP contribution in [-0.4, -0.2) is 19.4 Å². The van der Waals surface area contributed by atoms with Crippen molar-refractivity contribution in [3.05, 3.63) is 34.9 Å². The minimum Gasteiger partial charge on any atom is -0.319 e. The molecule has 0 aliphatic carbocycles. The number of carbonyl (C=O) groups excluding carboxylic acids is 1. The summed E-state index contributed by atoms with van der Waals surface area (Å²) in [7, 11) is 1.90. The van der Waals surface area contributed by atoms with Crippen molar-refractivity contribution in [2.45, 2.75) is 40.5 Å². The Hall–Kier alpha value is -1.15. The van der Waals surface area contributed by atoms with E-state index in [9.17, 15) is 4.79 Å². The highest BCUT2D eigenvalue weighted by atomic mass is 16.1. The van der Waals surface area contributed by atoms with Crippen LogP contribution in [0.5, 0.6) is 0 Å². The zero-order chi connectivity index (χ0) is 14.6. The Labute approximate surface area is 117 Å². The van der Waals surface area contributed by atoms with Crippen LogP contribution in [0.15, 0.2) is 18.2 Å². The normalized spacial score (nSPS) is 13.1. The molecule has 0 radical (unpaired) electrons. The van der Waals surface area contributed by atoms with Crippen LogP contribution in [0, 0.1) is 18.8 Å². The molecule has 1 aromatic rings. The van der Waals surface area contributed by atoms with Crippen molar-refractivity contribution in [1.29, 1.82) is 0 Å². The molecule has 1 aromatic carbocycles. The van der Waals surface area contributed by atoms with Gasteiger partial charge in [0.25, 0.3) is 0 Å². The molecule has 0 saturated heterocycles. The van der Waals surface area contributed by atoms with Gasteiger partial charge in [-0.25, -0.2) is 0 Å². The molecule has 0 bridgehead atoms. The lowest BCUT2D eigenvalue weighted by atomic mass is 9.85. The molecule has 0 spiro atoms. The van der Waals surface area contributed by atoms with E-state index in [0.29, 0.717) is 11.8 Å². The van der Waals surface area contributed by atoms with Crippen LogP contribution in [-0.2, 0) is 0 Å². The fraction of sp³-hybridized carbons (Fsp3) is 0.588. The third-order valence-corrected chi connectivity index (χ3v) is 3.76. The van der Waals surface area contributed by atoms with Gasteiger partial charge in [0.2, 0.25) is 0 Å². The molecule has 0 aliphatic heterocycles. The van der Waals surface area contributed by atoms with Gasteiger partial charge >= 0.3 is 0 Å². The molecule has 1 rings (SSSR count). The van der Waals surface area contributed by atoms with E-state index in [4.69, 9.17) is 0 Å². The van der Waals surface area contributed by atoms with Crippen molar-refractivity contribution in [3.63, 3.8) is 0 Å². The fourth-order valence-corrected chi connectivity index (χ4v) is 2.31. The van der Waals surface area contributed by atoms with Crippen LogP contribution in [0.1, 0.15) is 55.1 Å². The Bertz CT molecular complexity index is 435. The van der Waals surface area contributed by atoms with Crippen molar-refractivity contribution >= 4 is 5.78 Å². The van der Waals surface area contributed by atoms with Gasteiger partial charge in [-0.2, -0.15) is 0 Å². The Morgan fingerprint density at radius 1 is 1.21 bits per heavy atom. The molecule has 0 fully saturated rings. The summed E-state index contributed by atoms with van der Waals surface area (Å²) in [6.07, 6.45) is 0. The van der Waals surface area contributed by atoms with Crippen molar-refractivity contribution in [2.75, 3.05) is 13.6 Å². The quantitative estimate of drug-likeness (QED) is 0.789. The fourth-order valence-electron chi connectivity index (χ4n) is 2.31. The maximum atomic E-state index is 12.7. The van der Waals surface area contributed by atoms with Gasteiger partial charge in [-0.1, -0.05) is 39.8 Å². The van der Waals surface area contributed by atoms with Crippen molar-refractivity contribution < 1.29 is 4.79 Å². The molecule has 0 saturated carbocycles. The first kappa shape index (κ1) is 15.9. The van der Waals surface area contributed by atoms with Crippen LogP contribution >= 0.6 is 0 Å². The highest BCUT2D eigenvalue weighted by Gasteiger charge is 2.24. The minimum absolute atomic E-state index is 0.0473. The molecule has 1 N–H and O–H groups in total. The van der Waals surface area contributed by atoms with Gasteiger partial charge in [0.15, 0.2) is 5.78 Å². The van der Waals surface area contributed by atoms with Crippen LogP contribution in [0.3, 0.4) is 0 Å². The average molecular weight is 261 g/mol. The summed E-state index contributed by atoms with van der Waals surface area (Å²) in [5, 5.41) is 3.14. The first-order chi connectivity index (χ1) is 8.88. The van der Waals surface area contributed by atoms with Crippen LogP contribution in [0.25, 0.3) is 0 Å². The number of nitrogens with one attached hydrogen (secondary N) is 1. The van der Waals surface area contributed by atoms with Crippen molar-refractivity contribution in [1.82, 2.24) is 5.32 Å². The van der Waals surface area contributed by atoms with Gasteiger partial charge < -0.3 is 5.32 Å². The molecule has 0 amide bonds. The third kappa shape index (κ3) is 3.90. The first-order valence-electron chi connectivity index (χ1n) is 7.17. The molecule has 106 valence electrons. The van der Waals surface area contributed by atoms with Gasteiger partial charge in [-0.05, 0) is 43.0 Å². The van der Waals surface area contributed by atoms with E-state index in [1.54, 1.807) is 0 Å². The van der Waals surface area contributed by atoms with E-state index in [1.165, 1.54) is 5.56 Å². The van der Waals surface area contributed by atoms with Crippen LogP contribution < -0.4 is 5.32 Å². The Morgan fingerprint density at radius 2 is 1.84 bits per heavy atom. The number of ketones is 1. The van der Waals surface area contributed by atoms with Crippen LogP contribution in [0.4, 0.5) is 0 Å². The van der Waals surface area contributed by atoms with Gasteiger partial charge in [-0.15, -0.1) is 0 Å². The minimum atomic E-state index is 0.0473. The number of carbonyl (C=O) groups is 1. The Morgan fingerprint density at radius 3 is 2.32 bits per heavy atom. The Kier molecular flexibility index (Phi) is 5.74. The van der Waals surface area contributed by atoms with E-state index in [-0.39, 0.29) is 11.7 Å². The molecule has 0 aliphatic rings. The number of benzene rings is 1. The predicted octanol–water partition coefficient (Wildman–Crippen LogP) is 3.79. The summed E-state index contributed by atoms with van der Waals surface area (Å²) in [5.41, 5.74) is 3.21. The number of aryl methyl sites for hydroxylation is 1. The highest BCUT2D eigenvalue weighted by Crippen LogP contribution is 2.23. The molecule has 0 heterocycles. The second-order valence-corrected chi connectivity index (χ2v) is 6.00. The monoisotopic (exact) mass is 261 g/mol. The maximum absolute atomic E-state index is 12.7. The second kappa shape index (κ2) is 6.85. The van der Waals surface area contributed by atoms with Crippen LogP contribution in [0.2, 0.25) is 0 Å². The number of Topliss-reactive ketones (excluding diaryl/α,β-unsaturated/α-hetero) is 1. The molecule has 2 heteroatoms. The first-order valence-corrected chi connectivity index (χ1v) is 7.17. The smallest absolute Gasteiger partial charge is 0.167 e. The summed E-state index contributed by atoms with van der Waals surface area (Å²) in [6, 6.07) is 6.27. The molecule has 2 nitrogen and oxygen atoms in total. The lowest BCUT2D eigenvalue weighted by Crippen LogP contribution is -2.31. The predicted molar refractivity (Wildman–Crippen MR) is 81.9 cm³/mol. The molecule has 1 atom stereocenters. The topological polar surface area (TPSA) is 29.1 Å². The summed E-state index contributed by atoms with van der Waals surface area (Å²) in [5.74, 6) is 1.12. The van der Waals surface area contributed by atoms with E-state index in [0.717, 1.165) is 17.7 Å². The van der Waals surface area contributed by atoms with Crippen molar-refractivity contribution in [2.24, 2.45) is 11.8 Å². The number of rotatable bonds is 6. The van der Waals surface area contributed by atoms with Gasteiger partial charge in [0.1, 0.15) is 0 Å². The zero-order valence-electron chi connectivity index (χ0n) is 13.1. The van der Waals surface area contributed by atoms with Crippen molar-refractivity contribution in [3.8, 4) is 0 Å². The van der Waals surface area contributed by atoms with E-state index in [1.807, 2.05) is 14.0 Å². The third-order valence-electron chi connectivity index (χ3n) is 3.76. The van der Waals surface area contributed by atoms with E-state index >= 15 is 0 Å². The lowest BCUT2D eigenvalue weighted by Gasteiger charge is -2.21.